The lowest BCUT2D eigenvalue weighted by Crippen LogP contribution is -2.40. The molecule has 8 heteroatoms. The third kappa shape index (κ3) is 3.75. The van der Waals surface area contributed by atoms with Gasteiger partial charge in [0.05, 0.1) is 13.1 Å². The molecule has 2 aliphatic heterocycles. The van der Waals surface area contributed by atoms with Gasteiger partial charge >= 0.3 is 0 Å². The summed E-state index contributed by atoms with van der Waals surface area (Å²) < 4.78 is 1.03. The van der Waals surface area contributed by atoms with Crippen molar-refractivity contribution in [1.82, 2.24) is 9.80 Å². The number of carbonyl (C=O) groups excluding carboxylic acids is 4. The average molecular weight is 731 g/mol. The molecule has 0 saturated heterocycles. The normalized spacial score (nSPS) is 14.6. The number of benzene rings is 7. The molecule has 0 fully saturated rings. The number of hydrogen-bond acceptors (Lipinski definition) is 4. The summed E-state index contributed by atoms with van der Waals surface area (Å²) in [6.45, 7) is 0.294. The first-order valence-corrected chi connectivity index (χ1v) is 16.2. The standard InChI is InChI=1S/C38H20ClIN2O4/c39-21-5-1-3-19(15-21)17-41-35(43)27-11-7-23-25-9-13-29-34-30(38(46)42(37(29)45)18-20-4-2-6-22(40)16-20)14-10-26(32(25)34)24-8-12-28(36(41)44)33(27)31(23)24/h1-16H,17-18H2. The molecular formula is C38H20ClIN2O4. The van der Waals surface area contributed by atoms with Crippen LogP contribution in [0.5, 0.6) is 0 Å². The fourth-order valence-corrected chi connectivity index (χ4v) is 8.11. The molecule has 46 heavy (non-hydrogen) atoms. The van der Waals surface area contributed by atoms with Gasteiger partial charge in [-0.2, -0.15) is 0 Å². The minimum atomic E-state index is -0.360. The van der Waals surface area contributed by atoms with Crippen molar-refractivity contribution in [3.05, 3.63) is 139 Å². The van der Waals surface area contributed by atoms with E-state index in [1.54, 1.807) is 42.5 Å². The molecule has 0 radical (unpaired) electrons. The first kappa shape index (κ1) is 27.5. The van der Waals surface area contributed by atoms with Crippen LogP contribution < -0.4 is 0 Å². The number of carbonyl (C=O) groups is 4. The quantitative estimate of drug-likeness (QED) is 0.0788. The number of hydrogen-bond donors (Lipinski definition) is 0. The lowest BCUT2D eigenvalue weighted by atomic mass is 9.82. The Labute approximate surface area is 280 Å². The molecule has 0 atom stereocenters. The minimum Gasteiger partial charge on any atom is -0.270 e. The Hall–Kier alpha value is -4.86. The molecule has 0 saturated carbocycles. The van der Waals surface area contributed by atoms with Crippen molar-refractivity contribution in [3.63, 3.8) is 0 Å². The predicted octanol–water partition coefficient (Wildman–Crippen LogP) is 8.59. The lowest BCUT2D eigenvalue weighted by molar-refractivity contribution is 0.0583. The highest BCUT2D eigenvalue weighted by Gasteiger charge is 2.37. The van der Waals surface area contributed by atoms with E-state index in [0.717, 1.165) is 47.0 Å². The molecule has 0 spiro atoms. The van der Waals surface area contributed by atoms with Crippen molar-refractivity contribution in [3.8, 4) is 0 Å². The Morgan fingerprint density at radius 2 is 0.870 bits per heavy atom. The summed E-state index contributed by atoms with van der Waals surface area (Å²) in [5.41, 5.74) is 3.53. The van der Waals surface area contributed by atoms with Gasteiger partial charge in [-0.25, -0.2) is 0 Å². The molecule has 6 nitrogen and oxygen atoms in total. The van der Waals surface area contributed by atoms with Crippen LogP contribution in [0.25, 0.3) is 43.1 Å². The first-order valence-electron chi connectivity index (χ1n) is 14.7. The molecule has 0 bridgehead atoms. The fourth-order valence-electron chi connectivity index (χ4n) is 7.29. The highest BCUT2D eigenvalue weighted by Crippen LogP contribution is 2.46. The number of fused-ring (bicyclic) bond motifs is 2. The zero-order chi connectivity index (χ0) is 31.4. The number of nitrogens with zero attached hydrogens (tertiary/aromatic N) is 2. The summed E-state index contributed by atoms with van der Waals surface area (Å²) in [5.74, 6) is -1.37. The van der Waals surface area contributed by atoms with Gasteiger partial charge in [-0.1, -0.05) is 60.1 Å². The molecule has 7 aromatic rings. The van der Waals surface area contributed by atoms with Gasteiger partial charge in [0.2, 0.25) is 0 Å². The molecule has 2 aliphatic rings. The average Bonchev–Trinajstić information content (AvgIpc) is 3.05. The van der Waals surface area contributed by atoms with Crippen LogP contribution in [0.2, 0.25) is 5.02 Å². The molecule has 0 unspecified atom stereocenters. The zero-order valence-corrected chi connectivity index (χ0v) is 26.8. The summed E-state index contributed by atoms with van der Waals surface area (Å²) in [6, 6.07) is 29.8. The number of imide groups is 2. The smallest absolute Gasteiger partial charge is 0.261 e. The van der Waals surface area contributed by atoms with Crippen molar-refractivity contribution in [1.29, 1.82) is 0 Å². The molecule has 4 amide bonds. The van der Waals surface area contributed by atoms with Gasteiger partial charge in [0.15, 0.2) is 0 Å². The summed E-state index contributed by atoms with van der Waals surface area (Å²) in [4.78, 5) is 58.0. The molecule has 0 aromatic heterocycles. The summed E-state index contributed by atoms with van der Waals surface area (Å²) >= 11 is 8.40. The Morgan fingerprint density at radius 1 is 0.478 bits per heavy atom. The van der Waals surface area contributed by atoms with Gasteiger partial charge in [-0.05, 0) is 115 Å². The SMILES string of the molecule is O=C1c2ccc3c4ccc5c6c(ccc(c7ccc(c2c37)C(=O)N1Cc1cccc(Cl)c1)c64)C(=O)N(Cc1cccc(I)c1)C5=O. The number of rotatable bonds is 4. The highest BCUT2D eigenvalue weighted by molar-refractivity contribution is 14.1. The monoisotopic (exact) mass is 730 g/mol. The highest BCUT2D eigenvalue weighted by atomic mass is 127. The molecule has 7 aromatic carbocycles. The van der Waals surface area contributed by atoms with E-state index in [0.29, 0.717) is 38.0 Å². The Bertz CT molecular complexity index is 2260. The molecule has 0 aliphatic carbocycles. The van der Waals surface area contributed by atoms with Gasteiger partial charge in [0, 0.05) is 41.6 Å². The van der Waals surface area contributed by atoms with Gasteiger partial charge in [0.1, 0.15) is 0 Å². The van der Waals surface area contributed by atoms with Crippen LogP contribution in [0.1, 0.15) is 52.6 Å². The zero-order valence-electron chi connectivity index (χ0n) is 23.9. The maximum absolute atomic E-state index is 13.9. The van der Waals surface area contributed by atoms with Crippen LogP contribution >= 0.6 is 34.2 Å². The minimum absolute atomic E-state index is 0.110. The van der Waals surface area contributed by atoms with E-state index in [1.165, 1.54) is 9.80 Å². The van der Waals surface area contributed by atoms with Crippen molar-refractivity contribution >= 4 is 101 Å². The van der Waals surface area contributed by atoms with E-state index in [4.69, 9.17) is 11.6 Å². The van der Waals surface area contributed by atoms with Crippen molar-refractivity contribution in [2.45, 2.75) is 13.1 Å². The third-order valence-corrected chi connectivity index (χ3v) is 10.2. The second-order valence-corrected chi connectivity index (χ2v) is 13.5. The van der Waals surface area contributed by atoms with Gasteiger partial charge in [-0.15, -0.1) is 0 Å². The Kier molecular flexibility index (Phi) is 5.86. The van der Waals surface area contributed by atoms with E-state index in [2.05, 4.69) is 22.6 Å². The second-order valence-electron chi connectivity index (χ2n) is 11.8. The Balaban J connectivity index is 1.23. The maximum atomic E-state index is 13.9. The summed E-state index contributed by atoms with van der Waals surface area (Å²) in [5, 5.41) is 6.90. The predicted molar refractivity (Wildman–Crippen MR) is 187 cm³/mol. The van der Waals surface area contributed by atoms with Gasteiger partial charge in [0.25, 0.3) is 23.6 Å². The van der Waals surface area contributed by atoms with E-state index < -0.39 is 0 Å². The molecule has 9 rings (SSSR count). The summed E-state index contributed by atoms with van der Waals surface area (Å²) in [6.07, 6.45) is 0. The first-order chi connectivity index (χ1) is 22.3. The van der Waals surface area contributed by atoms with Crippen LogP contribution in [-0.2, 0) is 13.1 Å². The molecule has 220 valence electrons. The van der Waals surface area contributed by atoms with Crippen LogP contribution in [-0.4, -0.2) is 33.4 Å². The maximum Gasteiger partial charge on any atom is 0.261 e. The Morgan fingerprint density at radius 3 is 1.26 bits per heavy atom. The van der Waals surface area contributed by atoms with Gasteiger partial charge < -0.3 is 0 Å². The summed E-state index contributed by atoms with van der Waals surface area (Å²) in [7, 11) is 0. The topological polar surface area (TPSA) is 74.8 Å². The van der Waals surface area contributed by atoms with Crippen molar-refractivity contribution in [2.24, 2.45) is 0 Å². The number of halogens is 2. The lowest BCUT2D eigenvalue weighted by Gasteiger charge is -2.30. The van der Waals surface area contributed by atoms with Crippen LogP contribution in [0.4, 0.5) is 0 Å². The largest absolute Gasteiger partial charge is 0.270 e. The fraction of sp³-hybridized carbons (Fsp3) is 0.0526. The number of amides is 4. The second kappa shape index (κ2) is 9.82. The third-order valence-electron chi connectivity index (χ3n) is 9.26. The van der Waals surface area contributed by atoms with Crippen molar-refractivity contribution in [2.75, 3.05) is 0 Å². The van der Waals surface area contributed by atoms with E-state index in [1.807, 2.05) is 54.6 Å². The molecular weight excluding hydrogens is 711 g/mol. The van der Waals surface area contributed by atoms with E-state index in [9.17, 15) is 19.2 Å². The molecule has 0 N–H and O–H groups in total. The van der Waals surface area contributed by atoms with Gasteiger partial charge in [-0.3, -0.25) is 29.0 Å². The molecule has 2 heterocycles. The van der Waals surface area contributed by atoms with Crippen LogP contribution in [0.15, 0.2) is 97.1 Å². The van der Waals surface area contributed by atoms with E-state index in [-0.39, 0.29) is 36.7 Å². The van der Waals surface area contributed by atoms with E-state index >= 15 is 0 Å². The van der Waals surface area contributed by atoms with Crippen LogP contribution in [0, 0.1) is 3.57 Å². The van der Waals surface area contributed by atoms with Crippen molar-refractivity contribution < 1.29 is 19.2 Å². The van der Waals surface area contributed by atoms with Crippen LogP contribution in [0.3, 0.4) is 0 Å².